The standard InChI is InChI=1S/C19H23FN2O2/c1-19(2,3)10-4-5-13-6-9-17(15(20)11-13)24-14-7-8-16(18(21)23)22-12-14/h6-9,11-12H,4-5,10H2,1-3H3,(H2,21,23). The molecule has 0 spiro atoms. The highest BCUT2D eigenvalue weighted by Gasteiger charge is 2.11. The summed E-state index contributed by atoms with van der Waals surface area (Å²) in [5.74, 6) is -0.558. The van der Waals surface area contributed by atoms with Crippen LogP contribution in [-0.4, -0.2) is 10.9 Å². The lowest BCUT2D eigenvalue weighted by Gasteiger charge is -2.17. The molecule has 0 aliphatic rings. The van der Waals surface area contributed by atoms with Crippen LogP contribution < -0.4 is 10.5 Å². The van der Waals surface area contributed by atoms with Gasteiger partial charge in [-0.3, -0.25) is 4.79 Å². The van der Waals surface area contributed by atoms with E-state index in [1.165, 1.54) is 24.4 Å². The molecule has 2 N–H and O–H groups in total. The number of amides is 1. The third-order valence-corrected chi connectivity index (χ3v) is 3.61. The highest BCUT2D eigenvalue weighted by molar-refractivity contribution is 5.90. The summed E-state index contributed by atoms with van der Waals surface area (Å²) in [4.78, 5) is 14.8. The normalized spacial score (nSPS) is 11.3. The van der Waals surface area contributed by atoms with Crippen molar-refractivity contribution in [2.75, 3.05) is 0 Å². The Labute approximate surface area is 141 Å². The van der Waals surface area contributed by atoms with Crippen LogP contribution >= 0.6 is 0 Å². The zero-order valence-corrected chi connectivity index (χ0v) is 14.3. The van der Waals surface area contributed by atoms with Crippen molar-refractivity contribution >= 4 is 5.91 Å². The molecule has 0 aliphatic heterocycles. The topological polar surface area (TPSA) is 65.2 Å². The number of ether oxygens (including phenoxy) is 1. The minimum absolute atomic E-state index is 0.128. The van der Waals surface area contributed by atoms with E-state index >= 15 is 0 Å². The Morgan fingerprint density at radius 3 is 2.54 bits per heavy atom. The van der Waals surface area contributed by atoms with Gasteiger partial charge in [-0.2, -0.15) is 0 Å². The van der Waals surface area contributed by atoms with Crippen LogP contribution in [0.1, 0.15) is 49.7 Å². The van der Waals surface area contributed by atoms with Crippen molar-refractivity contribution in [3.63, 3.8) is 0 Å². The molecule has 1 amide bonds. The second-order valence-electron chi connectivity index (χ2n) is 7.02. The van der Waals surface area contributed by atoms with Crippen molar-refractivity contribution in [3.05, 3.63) is 53.6 Å². The van der Waals surface area contributed by atoms with Gasteiger partial charge < -0.3 is 10.5 Å². The average Bonchev–Trinajstić information content (AvgIpc) is 2.49. The molecule has 0 radical (unpaired) electrons. The molecule has 0 bridgehead atoms. The van der Waals surface area contributed by atoms with Gasteiger partial charge in [0.1, 0.15) is 11.4 Å². The maximum absolute atomic E-state index is 14.2. The fraction of sp³-hybridized carbons (Fsp3) is 0.368. The van der Waals surface area contributed by atoms with Crippen LogP contribution in [0.3, 0.4) is 0 Å². The van der Waals surface area contributed by atoms with E-state index in [9.17, 15) is 9.18 Å². The first-order valence-corrected chi connectivity index (χ1v) is 7.97. The highest BCUT2D eigenvalue weighted by atomic mass is 19.1. The number of halogens is 1. The zero-order chi connectivity index (χ0) is 17.7. The van der Waals surface area contributed by atoms with Crippen molar-refractivity contribution in [1.29, 1.82) is 0 Å². The van der Waals surface area contributed by atoms with E-state index < -0.39 is 11.7 Å². The van der Waals surface area contributed by atoms with Crippen LogP contribution in [0.5, 0.6) is 11.5 Å². The molecule has 2 aromatic rings. The number of aromatic nitrogens is 1. The van der Waals surface area contributed by atoms with E-state index in [4.69, 9.17) is 10.5 Å². The predicted molar refractivity (Wildman–Crippen MR) is 91.6 cm³/mol. The summed E-state index contributed by atoms with van der Waals surface area (Å²) in [6, 6.07) is 7.96. The third-order valence-electron chi connectivity index (χ3n) is 3.61. The molecule has 128 valence electrons. The quantitative estimate of drug-likeness (QED) is 0.849. The van der Waals surface area contributed by atoms with Gasteiger partial charge in [-0.1, -0.05) is 26.8 Å². The molecule has 24 heavy (non-hydrogen) atoms. The molecule has 1 aromatic carbocycles. The number of benzene rings is 1. The maximum atomic E-state index is 14.2. The van der Waals surface area contributed by atoms with E-state index in [0.29, 0.717) is 5.75 Å². The molecule has 0 unspecified atom stereocenters. The first kappa shape index (κ1) is 17.9. The van der Waals surface area contributed by atoms with Gasteiger partial charge in [0.15, 0.2) is 11.6 Å². The molecule has 0 saturated heterocycles. The molecular weight excluding hydrogens is 307 g/mol. The number of nitrogens with zero attached hydrogens (tertiary/aromatic N) is 1. The Morgan fingerprint density at radius 1 is 1.25 bits per heavy atom. The van der Waals surface area contributed by atoms with Gasteiger partial charge in [0.25, 0.3) is 5.91 Å². The van der Waals surface area contributed by atoms with Gasteiger partial charge in [-0.05, 0) is 54.5 Å². The minimum Gasteiger partial charge on any atom is -0.453 e. The van der Waals surface area contributed by atoms with Crippen LogP contribution in [-0.2, 0) is 6.42 Å². The van der Waals surface area contributed by atoms with Crippen molar-refractivity contribution in [3.8, 4) is 11.5 Å². The van der Waals surface area contributed by atoms with E-state index in [0.717, 1.165) is 24.8 Å². The molecule has 0 saturated carbocycles. The fourth-order valence-electron chi connectivity index (χ4n) is 2.32. The van der Waals surface area contributed by atoms with Crippen molar-refractivity contribution < 1.29 is 13.9 Å². The summed E-state index contributed by atoms with van der Waals surface area (Å²) in [7, 11) is 0. The number of carbonyl (C=O) groups is 1. The van der Waals surface area contributed by atoms with Gasteiger partial charge in [-0.25, -0.2) is 9.37 Å². The average molecular weight is 330 g/mol. The number of pyridine rings is 1. The van der Waals surface area contributed by atoms with Crippen LogP contribution in [0, 0.1) is 11.2 Å². The largest absolute Gasteiger partial charge is 0.453 e. The van der Waals surface area contributed by atoms with Gasteiger partial charge >= 0.3 is 0 Å². The summed E-state index contributed by atoms with van der Waals surface area (Å²) >= 11 is 0. The maximum Gasteiger partial charge on any atom is 0.267 e. The SMILES string of the molecule is CC(C)(C)CCCc1ccc(Oc2ccc(C(N)=O)nc2)c(F)c1. The Kier molecular flexibility index (Phi) is 5.54. The second-order valence-corrected chi connectivity index (χ2v) is 7.02. The summed E-state index contributed by atoms with van der Waals surface area (Å²) in [5.41, 5.74) is 6.49. The number of carbonyl (C=O) groups excluding carboxylic acids is 1. The number of hydrogen-bond acceptors (Lipinski definition) is 3. The van der Waals surface area contributed by atoms with Crippen LogP contribution in [0.4, 0.5) is 4.39 Å². The van der Waals surface area contributed by atoms with Gasteiger partial charge in [0.2, 0.25) is 0 Å². The summed E-state index contributed by atoms with van der Waals surface area (Å²) in [6.07, 6.45) is 4.28. The Bertz CT molecular complexity index is 706. The zero-order valence-electron chi connectivity index (χ0n) is 14.3. The lowest BCUT2D eigenvalue weighted by molar-refractivity contribution is 0.0995. The Hall–Kier alpha value is -2.43. The summed E-state index contributed by atoms with van der Waals surface area (Å²) < 4.78 is 19.7. The van der Waals surface area contributed by atoms with Crippen LogP contribution in [0.25, 0.3) is 0 Å². The highest BCUT2D eigenvalue weighted by Crippen LogP contribution is 2.26. The van der Waals surface area contributed by atoms with Crippen molar-refractivity contribution in [2.45, 2.75) is 40.0 Å². The molecule has 5 heteroatoms. The van der Waals surface area contributed by atoms with Crippen molar-refractivity contribution in [2.24, 2.45) is 11.1 Å². The molecule has 4 nitrogen and oxygen atoms in total. The lowest BCUT2D eigenvalue weighted by atomic mass is 9.89. The summed E-state index contributed by atoms with van der Waals surface area (Å²) in [5, 5.41) is 0. The van der Waals surface area contributed by atoms with E-state index in [-0.39, 0.29) is 16.9 Å². The molecule has 2 rings (SSSR count). The number of rotatable bonds is 6. The van der Waals surface area contributed by atoms with Gasteiger partial charge in [0, 0.05) is 0 Å². The molecular formula is C19H23FN2O2. The number of aryl methyl sites for hydroxylation is 1. The Morgan fingerprint density at radius 2 is 2.00 bits per heavy atom. The summed E-state index contributed by atoms with van der Waals surface area (Å²) in [6.45, 7) is 6.59. The lowest BCUT2D eigenvalue weighted by Crippen LogP contribution is -2.12. The van der Waals surface area contributed by atoms with E-state index in [2.05, 4.69) is 25.8 Å². The van der Waals surface area contributed by atoms with E-state index in [1.807, 2.05) is 6.07 Å². The van der Waals surface area contributed by atoms with Gasteiger partial charge in [0.05, 0.1) is 6.20 Å². The first-order chi connectivity index (χ1) is 11.2. The number of primary amides is 1. The number of nitrogens with two attached hydrogens (primary N) is 1. The minimum atomic E-state index is -0.618. The first-order valence-electron chi connectivity index (χ1n) is 7.97. The monoisotopic (exact) mass is 330 g/mol. The van der Waals surface area contributed by atoms with Gasteiger partial charge in [-0.15, -0.1) is 0 Å². The van der Waals surface area contributed by atoms with Crippen molar-refractivity contribution in [1.82, 2.24) is 4.98 Å². The molecule has 0 atom stereocenters. The fourth-order valence-corrected chi connectivity index (χ4v) is 2.32. The number of hydrogen-bond donors (Lipinski definition) is 1. The van der Waals surface area contributed by atoms with E-state index in [1.54, 1.807) is 6.07 Å². The predicted octanol–water partition coefficient (Wildman–Crippen LogP) is 4.48. The smallest absolute Gasteiger partial charge is 0.267 e. The third kappa shape index (κ3) is 5.33. The molecule has 0 fully saturated rings. The second kappa shape index (κ2) is 7.43. The van der Waals surface area contributed by atoms with Crippen LogP contribution in [0.2, 0.25) is 0 Å². The molecule has 1 aromatic heterocycles. The van der Waals surface area contributed by atoms with Crippen LogP contribution in [0.15, 0.2) is 36.5 Å². The molecule has 1 heterocycles. The molecule has 0 aliphatic carbocycles. The Balaban J connectivity index is 2.00.